The lowest BCUT2D eigenvalue weighted by molar-refractivity contribution is 0.309. The van der Waals surface area contributed by atoms with Crippen LogP contribution in [-0.4, -0.2) is 41.3 Å². The Morgan fingerprint density at radius 1 is 1.19 bits per heavy atom. The first kappa shape index (κ1) is 22.1. The predicted molar refractivity (Wildman–Crippen MR) is 126 cm³/mol. The van der Waals surface area contributed by atoms with Crippen LogP contribution in [0.5, 0.6) is 5.75 Å². The minimum Gasteiger partial charge on any atom is -0.496 e. The highest BCUT2D eigenvalue weighted by Gasteiger charge is 2.22. The number of aryl methyl sites for hydroxylation is 1. The number of benzene rings is 2. The molecule has 0 amide bonds. The summed E-state index contributed by atoms with van der Waals surface area (Å²) in [6, 6.07) is 12.1. The van der Waals surface area contributed by atoms with Crippen molar-refractivity contribution in [2.75, 3.05) is 27.2 Å². The van der Waals surface area contributed by atoms with Crippen molar-refractivity contribution in [3.63, 3.8) is 0 Å². The Labute approximate surface area is 192 Å². The molecule has 31 heavy (non-hydrogen) atoms. The standard InChI is InChI=1S/C24H27ClFN3OS/c1-27(15-17-4-5-17)12-3-13-28-16-22(21-11-8-19(26)14-23(21)30-2)29(24(28)31)20-9-6-18(25)7-10-20/h6-11,14,16-17H,3-5,12-13,15H2,1-2H3. The van der Waals surface area contributed by atoms with Gasteiger partial charge in [-0.2, -0.15) is 0 Å². The van der Waals surface area contributed by atoms with Crippen molar-refractivity contribution in [3.8, 4) is 22.7 Å². The molecule has 0 unspecified atom stereocenters. The number of hydrogen-bond acceptors (Lipinski definition) is 3. The third-order valence-electron chi connectivity index (χ3n) is 5.69. The highest BCUT2D eigenvalue weighted by atomic mass is 35.5. The molecule has 0 N–H and O–H groups in total. The monoisotopic (exact) mass is 459 g/mol. The smallest absolute Gasteiger partial charge is 0.184 e. The van der Waals surface area contributed by atoms with Crippen LogP contribution in [0.3, 0.4) is 0 Å². The van der Waals surface area contributed by atoms with E-state index in [-0.39, 0.29) is 5.82 Å². The van der Waals surface area contributed by atoms with Crippen molar-refractivity contribution in [3.05, 3.63) is 64.3 Å². The van der Waals surface area contributed by atoms with Crippen LogP contribution in [0.25, 0.3) is 16.9 Å². The van der Waals surface area contributed by atoms with Gasteiger partial charge in [0.25, 0.3) is 0 Å². The molecule has 3 aromatic rings. The number of methoxy groups -OCH3 is 1. The second-order valence-corrected chi connectivity index (χ2v) is 9.01. The Bertz CT molecular complexity index is 1110. The first-order valence-corrected chi connectivity index (χ1v) is 11.4. The quantitative estimate of drug-likeness (QED) is 0.355. The van der Waals surface area contributed by atoms with Gasteiger partial charge in [0.05, 0.1) is 12.8 Å². The van der Waals surface area contributed by atoms with Gasteiger partial charge in [0.15, 0.2) is 4.77 Å². The van der Waals surface area contributed by atoms with Crippen LogP contribution in [0.2, 0.25) is 5.02 Å². The summed E-state index contributed by atoms with van der Waals surface area (Å²) in [6.45, 7) is 3.01. The number of halogens is 2. The molecule has 164 valence electrons. The molecule has 1 aliphatic rings. The first-order chi connectivity index (χ1) is 15.0. The second-order valence-electron chi connectivity index (χ2n) is 8.21. The molecule has 1 aliphatic carbocycles. The summed E-state index contributed by atoms with van der Waals surface area (Å²) in [5.41, 5.74) is 2.55. The van der Waals surface area contributed by atoms with Crippen LogP contribution in [0.1, 0.15) is 19.3 Å². The first-order valence-electron chi connectivity index (χ1n) is 10.6. The Morgan fingerprint density at radius 2 is 1.94 bits per heavy atom. The van der Waals surface area contributed by atoms with E-state index >= 15 is 0 Å². The van der Waals surface area contributed by atoms with Crippen LogP contribution < -0.4 is 4.74 Å². The van der Waals surface area contributed by atoms with Gasteiger partial charge in [0, 0.05) is 41.6 Å². The van der Waals surface area contributed by atoms with Gasteiger partial charge in [-0.25, -0.2) is 4.39 Å². The summed E-state index contributed by atoms with van der Waals surface area (Å²) in [4.78, 5) is 2.40. The normalized spacial score (nSPS) is 13.7. The minimum atomic E-state index is -0.338. The van der Waals surface area contributed by atoms with Crippen LogP contribution in [0, 0.1) is 16.5 Å². The molecule has 0 bridgehead atoms. The molecular formula is C24H27ClFN3OS. The summed E-state index contributed by atoms with van der Waals surface area (Å²) < 4.78 is 24.1. The second kappa shape index (κ2) is 9.55. The number of rotatable bonds is 9. The maximum absolute atomic E-state index is 13.8. The molecular weight excluding hydrogens is 433 g/mol. The minimum absolute atomic E-state index is 0.338. The lowest BCUT2D eigenvalue weighted by Gasteiger charge is -2.15. The van der Waals surface area contributed by atoms with E-state index < -0.39 is 0 Å². The molecule has 0 radical (unpaired) electrons. The van der Waals surface area contributed by atoms with Crippen molar-refractivity contribution >= 4 is 23.8 Å². The molecule has 1 saturated carbocycles. The van der Waals surface area contributed by atoms with Crippen LogP contribution in [-0.2, 0) is 6.54 Å². The van der Waals surface area contributed by atoms with Gasteiger partial charge in [0.1, 0.15) is 11.6 Å². The third-order valence-corrected chi connectivity index (χ3v) is 6.36. The molecule has 0 atom stereocenters. The van der Waals surface area contributed by atoms with E-state index in [2.05, 4.69) is 16.5 Å². The van der Waals surface area contributed by atoms with Crippen molar-refractivity contribution < 1.29 is 9.13 Å². The largest absolute Gasteiger partial charge is 0.496 e. The highest BCUT2D eigenvalue weighted by Crippen LogP contribution is 2.34. The van der Waals surface area contributed by atoms with Gasteiger partial charge < -0.3 is 14.2 Å². The zero-order valence-electron chi connectivity index (χ0n) is 17.9. The van der Waals surface area contributed by atoms with E-state index in [9.17, 15) is 4.39 Å². The molecule has 7 heteroatoms. The van der Waals surface area contributed by atoms with Crippen LogP contribution in [0.4, 0.5) is 4.39 Å². The lowest BCUT2D eigenvalue weighted by Crippen LogP contribution is -2.23. The average molecular weight is 460 g/mol. The van der Waals surface area contributed by atoms with E-state index in [1.54, 1.807) is 13.2 Å². The fourth-order valence-electron chi connectivity index (χ4n) is 3.90. The molecule has 1 aromatic heterocycles. The van der Waals surface area contributed by atoms with Gasteiger partial charge in [0.2, 0.25) is 0 Å². The average Bonchev–Trinajstić information content (AvgIpc) is 3.51. The summed E-state index contributed by atoms with van der Waals surface area (Å²) in [6.07, 6.45) is 5.76. The Balaban J connectivity index is 1.68. The molecule has 0 saturated heterocycles. The summed E-state index contributed by atoms with van der Waals surface area (Å²) in [7, 11) is 3.73. The summed E-state index contributed by atoms with van der Waals surface area (Å²) in [5, 5.41) is 0.661. The molecule has 4 rings (SSSR count). The van der Waals surface area contributed by atoms with Gasteiger partial charge in [-0.05, 0) is 87.4 Å². The maximum Gasteiger partial charge on any atom is 0.184 e. The summed E-state index contributed by atoms with van der Waals surface area (Å²) in [5.74, 6) is 1.02. The number of imidazole rings is 1. The predicted octanol–water partition coefficient (Wildman–Crippen LogP) is 6.21. The van der Waals surface area contributed by atoms with E-state index in [0.717, 1.165) is 42.4 Å². The SMILES string of the molecule is COc1cc(F)ccc1-c1cn(CCCN(C)CC2CC2)c(=S)n1-c1ccc(Cl)cc1. The van der Waals surface area contributed by atoms with E-state index in [4.69, 9.17) is 28.6 Å². The van der Waals surface area contributed by atoms with E-state index in [0.29, 0.717) is 15.5 Å². The van der Waals surface area contributed by atoms with Gasteiger partial charge in [-0.3, -0.25) is 4.57 Å². The molecule has 2 aromatic carbocycles. The molecule has 0 aliphatic heterocycles. The number of ether oxygens (including phenoxy) is 1. The Kier molecular flexibility index (Phi) is 6.80. The fraction of sp³-hybridized carbons (Fsp3) is 0.375. The van der Waals surface area contributed by atoms with E-state index in [1.807, 2.05) is 35.0 Å². The van der Waals surface area contributed by atoms with Gasteiger partial charge >= 0.3 is 0 Å². The number of hydrogen-bond donors (Lipinski definition) is 0. The lowest BCUT2D eigenvalue weighted by atomic mass is 10.1. The summed E-state index contributed by atoms with van der Waals surface area (Å²) >= 11 is 12.0. The van der Waals surface area contributed by atoms with E-state index in [1.165, 1.54) is 31.5 Å². The van der Waals surface area contributed by atoms with Crippen LogP contribution in [0.15, 0.2) is 48.7 Å². The molecule has 1 heterocycles. The van der Waals surface area contributed by atoms with Crippen LogP contribution >= 0.6 is 23.8 Å². The van der Waals surface area contributed by atoms with Crippen molar-refractivity contribution in [2.24, 2.45) is 5.92 Å². The number of nitrogens with zero attached hydrogens (tertiary/aromatic N) is 3. The zero-order valence-corrected chi connectivity index (χ0v) is 19.4. The topological polar surface area (TPSA) is 22.3 Å². The van der Waals surface area contributed by atoms with Gasteiger partial charge in [-0.1, -0.05) is 11.6 Å². The Morgan fingerprint density at radius 3 is 2.61 bits per heavy atom. The Hall–Kier alpha value is -2.15. The van der Waals surface area contributed by atoms with Crippen molar-refractivity contribution in [1.82, 2.24) is 14.0 Å². The highest BCUT2D eigenvalue weighted by molar-refractivity contribution is 7.71. The molecule has 1 fully saturated rings. The molecule has 0 spiro atoms. The zero-order chi connectivity index (χ0) is 22.0. The van der Waals surface area contributed by atoms with Crippen molar-refractivity contribution in [2.45, 2.75) is 25.8 Å². The van der Waals surface area contributed by atoms with Crippen molar-refractivity contribution in [1.29, 1.82) is 0 Å². The number of aromatic nitrogens is 2. The third kappa shape index (κ3) is 5.20. The fourth-order valence-corrected chi connectivity index (χ4v) is 4.38. The maximum atomic E-state index is 13.8. The molecule has 4 nitrogen and oxygen atoms in total. The van der Waals surface area contributed by atoms with Gasteiger partial charge in [-0.15, -0.1) is 0 Å².